The first-order valence-corrected chi connectivity index (χ1v) is 12.5. The van der Waals surface area contributed by atoms with E-state index >= 15 is 0 Å². The van der Waals surface area contributed by atoms with Gasteiger partial charge in [0, 0.05) is 12.8 Å². The Morgan fingerprint density at radius 1 is 0.639 bits per heavy atom. The molecule has 0 unspecified atom stereocenters. The minimum atomic E-state index is -1.45. The maximum absolute atomic E-state index is 12.6. The van der Waals surface area contributed by atoms with Crippen LogP contribution in [0, 0.1) is 0 Å². The van der Waals surface area contributed by atoms with Crippen LogP contribution in [0.5, 0.6) is 0 Å². The third-order valence-electron chi connectivity index (χ3n) is 6.01. The molecule has 0 aromatic heterocycles. The highest BCUT2D eigenvalue weighted by Gasteiger charge is 2.55. The van der Waals surface area contributed by atoms with E-state index in [1.165, 1.54) is 0 Å². The predicted octanol–water partition coefficient (Wildman–Crippen LogP) is 3.32. The van der Waals surface area contributed by atoms with Crippen LogP contribution < -0.4 is 0 Å². The lowest BCUT2D eigenvalue weighted by atomic mass is 9.84. The van der Waals surface area contributed by atoms with E-state index < -0.39 is 48.6 Å². The lowest BCUT2D eigenvalue weighted by Crippen LogP contribution is -2.66. The Morgan fingerprint density at radius 3 is 1.33 bits per heavy atom. The number of aliphatic hydroxyl groups excluding tert-OH is 2. The van der Waals surface area contributed by atoms with Crippen LogP contribution >= 0.6 is 0 Å². The molecule has 2 aromatic carbocycles. The number of aliphatic hydroxyl groups is 2. The molecule has 0 bridgehead atoms. The number of esters is 2. The van der Waals surface area contributed by atoms with E-state index in [2.05, 4.69) is 0 Å². The van der Waals surface area contributed by atoms with Crippen molar-refractivity contribution >= 4 is 11.9 Å². The standard InChI is InChI=1S/C28H36O8/c1-3-11-21(29)35-27-25(33-17-19-13-7-5-8-14-19)23(31)24(32)26(28(27)36-22(30)12-4-2)34-18-20-15-9-6-10-16-20/h5-10,13-16,23-28,31-32H,3-4,11-12,17-18H2,1-2H3/t23-,24+,25-,26-,27+,28+/m0/s1. The van der Waals surface area contributed by atoms with Gasteiger partial charge in [-0.3, -0.25) is 9.59 Å². The fraction of sp³-hybridized carbons (Fsp3) is 0.500. The van der Waals surface area contributed by atoms with Gasteiger partial charge in [-0.25, -0.2) is 0 Å². The summed E-state index contributed by atoms with van der Waals surface area (Å²) in [6.07, 6.45) is -6.13. The second kappa shape index (κ2) is 14.1. The average molecular weight is 501 g/mol. The van der Waals surface area contributed by atoms with Crippen LogP contribution in [0.3, 0.4) is 0 Å². The molecule has 0 radical (unpaired) electrons. The average Bonchev–Trinajstić information content (AvgIpc) is 2.88. The normalized spacial score (nSPS) is 25.8. The Kier molecular flexibility index (Phi) is 10.9. The minimum absolute atomic E-state index is 0.0995. The van der Waals surface area contributed by atoms with Gasteiger partial charge in [0.1, 0.15) is 24.4 Å². The smallest absolute Gasteiger partial charge is 0.306 e. The van der Waals surface area contributed by atoms with Crippen LogP contribution in [-0.2, 0) is 41.8 Å². The Hall–Kier alpha value is -2.78. The number of carbonyl (C=O) groups is 2. The van der Waals surface area contributed by atoms with Crippen LogP contribution in [0.2, 0.25) is 0 Å². The molecule has 2 aromatic rings. The molecule has 8 nitrogen and oxygen atoms in total. The van der Waals surface area contributed by atoms with Crippen molar-refractivity contribution in [3.63, 3.8) is 0 Å². The molecular formula is C28H36O8. The zero-order valence-electron chi connectivity index (χ0n) is 20.8. The SMILES string of the molecule is CCCC(=O)O[C@H]1[C@H](OC(=O)CCC)[C@@H](OCc2ccccc2)[C@@H](O)[C@@H](O)[C@@H]1OCc1ccccc1. The molecule has 0 aliphatic heterocycles. The van der Waals surface area contributed by atoms with Crippen LogP contribution in [-0.4, -0.2) is 58.8 Å². The quantitative estimate of drug-likeness (QED) is 0.427. The molecule has 6 atom stereocenters. The van der Waals surface area contributed by atoms with Crippen molar-refractivity contribution in [2.45, 2.75) is 89.4 Å². The highest BCUT2D eigenvalue weighted by molar-refractivity contribution is 5.70. The van der Waals surface area contributed by atoms with Crippen molar-refractivity contribution in [2.75, 3.05) is 0 Å². The minimum Gasteiger partial charge on any atom is -0.455 e. The van der Waals surface area contributed by atoms with Crippen molar-refractivity contribution < 1.29 is 38.7 Å². The monoisotopic (exact) mass is 500 g/mol. The maximum atomic E-state index is 12.6. The van der Waals surface area contributed by atoms with E-state index in [1.54, 1.807) is 0 Å². The third kappa shape index (κ3) is 7.61. The van der Waals surface area contributed by atoms with Gasteiger partial charge in [0.2, 0.25) is 0 Å². The van der Waals surface area contributed by atoms with E-state index in [-0.39, 0.29) is 26.1 Å². The van der Waals surface area contributed by atoms with Gasteiger partial charge in [0.25, 0.3) is 0 Å². The molecule has 196 valence electrons. The summed E-state index contributed by atoms with van der Waals surface area (Å²) in [6.45, 7) is 3.88. The summed E-state index contributed by atoms with van der Waals surface area (Å²) in [6, 6.07) is 18.6. The van der Waals surface area contributed by atoms with Gasteiger partial charge in [-0.2, -0.15) is 0 Å². The summed E-state index contributed by atoms with van der Waals surface area (Å²) >= 11 is 0. The lowest BCUT2D eigenvalue weighted by molar-refractivity contribution is -0.262. The van der Waals surface area contributed by atoms with Crippen LogP contribution in [0.25, 0.3) is 0 Å². The van der Waals surface area contributed by atoms with Crippen molar-refractivity contribution in [1.29, 1.82) is 0 Å². The summed E-state index contributed by atoms with van der Waals surface area (Å²) in [7, 11) is 0. The topological polar surface area (TPSA) is 112 Å². The number of carbonyl (C=O) groups excluding carboxylic acids is 2. The highest BCUT2D eigenvalue weighted by atomic mass is 16.6. The molecule has 1 aliphatic rings. The Labute approximate surface area is 212 Å². The van der Waals surface area contributed by atoms with Crippen LogP contribution in [0.1, 0.15) is 50.7 Å². The lowest BCUT2D eigenvalue weighted by Gasteiger charge is -2.46. The van der Waals surface area contributed by atoms with Crippen LogP contribution in [0.15, 0.2) is 60.7 Å². The van der Waals surface area contributed by atoms with Crippen molar-refractivity contribution in [3.8, 4) is 0 Å². The van der Waals surface area contributed by atoms with E-state index in [0.29, 0.717) is 12.8 Å². The summed E-state index contributed by atoms with van der Waals surface area (Å²) in [5.74, 6) is -1.03. The van der Waals surface area contributed by atoms with Gasteiger partial charge in [0.05, 0.1) is 13.2 Å². The van der Waals surface area contributed by atoms with Gasteiger partial charge >= 0.3 is 11.9 Å². The first-order valence-electron chi connectivity index (χ1n) is 12.5. The molecule has 0 saturated heterocycles. The second-order valence-corrected chi connectivity index (χ2v) is 8.91. The molecule has 1 saturated carbocycles. The van der Waals surface area contributed by atoms with Gasteiger partial charge in [-0.1, -0.05) is 74.5 Å². The summed E-state index contributed by atoms with van der Waals surface area (Å²) in [5.41, 5.74) is 1.67. The van der Waals surface area contributed by atoms with Crippen molar-refractivity contribution in [3.05, 3.63) is 71.8 Å². The first kappa shape index (κ1) is 27.8. The summed E-state index contributed by atoms with van der Waals surface area (Å²) in [5, 5.41) is 22.1. The molecule has 1 fully saturated rings. The fourth-order valence-electron chi connectivity index (χ4n) is 4.17. The van der Waals surface area contributed by atoms with Crippen LogP contribution in [0.4, 0.5) is 0 Å². The number of hydrogen-bond donors (Lipinski definition) is 2. The number of rotatable bonds is 12. The number of benzene rings is 2. The van der Waals surface area contributed by atoms with E-state index in [0.717, 1.165) is 11.1 Å². The maximum Gasteiger partial charge on any atom is 0.306 e. The Morgan fingerprint density at radius 2 is 1.00 bits per heavy atom. The molecule has 1 aliphatic carbocycles. The van der Waals surface area contributed by atoms with E-state index in [4.69, 9.17) is 18.9 Å². The Bertz CT molecular complexity index is 858. The molecule has 3 rings (SSSR count). The molecule has 8 heteroatoms. The van der Waals surface area contributed by atoms with Crippen molar-refractivity contribution in [2.24, 2.45) is 0 Å². The Balaban J connectivity index is 1.90. The first-order chi connectivity index (χ1) is 17.4. The highest BCUT2D eigenvalue weighted by Crippen LogP contribution is 2.32. The van der Waals surface area contributed by atoms with Gasteiger partial charge in [-0.15, -0.1) is 0 Å². The molecular weight excluding hydrogens is 464 g/mol. The molecule has 0 amide bonds. The molecule has 0 heterocycles. The van der Waals surface area contributed by atoms with Gasteiger partial charge < -0.3 is 29.2 Å². The van der Waals surface area contributed by atoms with Gasteiger partial charge in [0.15, 0.2) is 12.2 Å². The largest absolute Gasteiger partial charge is 0.455 e. The second-order valence-electron chi connectivity index (χ2n) is 8.91. The third-order valence-corrected chi connectivity index (χ3v) is 6.01. The molecule has 36 heavy (non-hydrogen) atoms. The predicted molar refractivity (Wildman–Crippen MR) is 132 cm³/mol. The number of ether oxygens (including phenoxy) is 4. The fourth-order valence-corrected chi connectivity index (χ4v) is 4.17. The zero-order valence-corrected chi connectivity index (χ0v) is 20.8. The molecule has 2 N–H and O–H groups in total. The summed E-state index contributed by atoms with van der Waals surface area (Å²) in [4.78, 5) is 25.1. The molecule has 0 spiro atoms. The van der Waals surface area contributed by atoms with E-state index in [9.17, 15) is 19.8 Å². The number of hydrogen-bond acceptors (Lipinski definition) is 8. The van der Waals surface area contributed by atoms with Gasteiger partial charge in [-0.05, 0) is 24.0 Å². The van der Waals surface area contributed by atoms with E-state index in [1.807, 2.05) is 74.5 Å². The zero-order chi connectivity index (χ0) is 25.9. The van der Waals surface area contributed by atoms with Crippen molar-refractivity contribution in [1.82, 2.24) is 0 Å². The summed E-state index contributed by atoms with van der Waals surface area (Å²) < 4.78 is 23.5.